The maximum Gasteiger partial charge on any atom is 0.325 e. The Balaban J connectivity index is 1.16. The largest absolute Gasteiger partial charge is 0.454 e. The highest BCUT2D eigenvalue weighted by Gasteiger charge is 2.31. The Labute approximate surface area is 179 Å². The van der Waals surface area contributed by atoms with Crippen molar-refractivity contribution in [2.24, 2.45) is 0 Å². The van der Waals surface area contributed by atoms with E-state index in [0.717, 1.165) is 16.9 Å². The Morgan fingerprint density at radius 2 is 1.90 bits per heavy atom. The summed E-state index contributed by atoms with van der Waals surface area (Å²) in [5.41, 5.74) is 3.06. The molecule has 31 heavy (non-hydrogen) atoms. The number of fused-ring (bicyclic) bond motifs is 2. The van der Waals surface area contributed by atoms with Crippen LogP contribution in [0.25, 0.3) is 10.9 Å². The molecule has 2 aromatic carbocycles. The summed E-state index contributed by atoms with van der Waals surface area (Å²) in [4.78, 5) is 28.5. The fourth-order valence-electron chi connectivity index (χ4n) is 4.20. The van der Waals surface area contributed by atoms with Gasteiger partial charge in [0.05, 0.1) is 0 Å². The van der Waals surface area contributed by atoms with Crippen molar-refractivity contribution in [3.63, 3.8) is 0 Å². The van der Waals surface area contributed by atoms with Crippen LogP contribution in [0.15, 0.2) is 48.5 Å². The van der Waals surface area contributed by atoms with Crippen LogP contribution < -0.4 is 19.7 Å². The Hall–Kier alpha value is -3.68. The maximum absolute atomic E-state index is 12.8. The number of ether oxygens (including phenoxy) is 2. The van der Waals surface area contributed by atoms with Gasteiger partial charge in [0.15, 0.2) is 11.5 Å². The molecule has 0 saturated carbocycles. The van der Waals surface area contributed by atoms with Crippen LogP contribution in [-0.4, -0.2) is 54.4 Å². The quantitative estimate of drug-likeness (QED) is 0.665. The van der Waals surface area contributed by atoms with E-state index in [-0.39, 0.29) is 25.3 Å². The first-order chi connectivity index (χ1) is 15.1. The minimum atomic E-state index is -0.179. The average molecular weight is 420 g/mol. The Morgan fingerprint density at radius 1 is 1.06 bits per heavy atom. The number of aryl methyl sites for hydroxylation is 1. The van der Waals surface area contributed by atoms with Crippen LogP contribution in [0.1, 0.15) is 5.69 Å². The van der Waals surface area contributed by atoms with E-state index in [1.54, 1.807) is 21.9 Å². The molecule has 0 radical (unpaired) electrons. The summed E-state index contributed by atoms with van der Waals surface area (Å²) in [6, 6.07) is 15.6. The van der Waals surface area contributed by atoms with Crippen molar-refractivity contribution in [3.8, 4) is 11.5 Å². The molecule has 1 fully saturated rings. The third-order valence-electron chi connectivity index (χ3n) is 5.77. The second kappa shape index (κ2) is 7.86. The zero-order chi connectivity index (χ0) is 21.4. The van der Waals surface area contributed by atoms with Crippen molar-refractivity contribution >= 4 is 28.5 Å². The van der Waals surface area contributed by atoms with E-state index in [4.69, 9.17) is 9.47 Å². The first kappa shape index (κ1) is 19.3. The molecule has 8 heteroatoms. The molecule has 2 aliphatic heterocycles. The van der Waals surface area contributed by atoms with Crippen LogP contribution >= 0.6 is 0 Å². The predicted octanol–water partition coefficient (Wildman–Crippen LogP) is 2.74. The van der Waals surface area contributed by atoms with Crippen LogP contribution in [0, 0.1) is 6.92 Å². The number of hydrogen-bond acceptors (Lipinski definition) is 4. The minimum Gasteiger partial charge on any atom is -0.454 e. The van der Waals surface area contributed by atoms with Gasteiger partial charge in [-0.15, -0.1) is 0 Å². The lowest BCUT2D eigenvalue weighted by Crippen LogP contribution is -2.40. The number of nitrogens with one attached hydrogen (secondary N) is 1. The lowest BCUT2D eigenvalue weighted by atomic mass is 10.2. The van der Waals surface area contributed by atoms with E-state index in [1.165, 1.54) is 5.39 Å². The summed E-state index contributed by atoms with van der Waals surface area (Å²) < 4.78 is 12.9. The van der Waals surface area contributed by atoms with Crippen molar-refractivity contribution in [2.45, 2.75) is 13.5 Å². The van der Waals surface area contributed by atoms with Crippen LogP contribution in [0.5, 0.6) is 11.5 Å². The topological polar surface area (TPSA) is 76.0 Å². The van der Waals surface area contributed by atoms with Crippen molar-refractivity contribution < 1.29 is 19.1 Å². The maximum atomic E-state index is 12.8. The molecular weight excluding hydrogens is 396 g/mol. The van der Waals surface area contributed by atoms with E-state index >= 15 is 0 Å². The molecule has 3 amide bonds. The molecular formula is C23H24N4O4. The Kier molecular flexibility index (Phi) is 4.89. The summed E-state index contributed by atoms with van der Waals surface area (Å²) in [7, 11) is 0. The second-order valence-electron chi connectivity index (χ2n) is 7.74. The number of rotatable bonds is 6. The zero-order valence-corrected chi connectivity index (χ0v) is 17.3. The van der Waals surface area contributed by atoms with Gasteiger partial charge in [-0.25, -0.2) is 4.79 Å². The molecule has 1 saturated heterocycles. The fraction of sp³-hybridized carbons (Fsp3) is 0.304. The molecule has 5 rings (SSSR count). The number of hydrogen-bond donors (Lipinski definition) is 1. The highest BCUT2D eigenvalue weighted by Crippen LogP contribution is 2.36. The van der Waals surface area contributed by atoms with Crippen molar-refractivity contribution in [1.29, 1.82) is 0 Å². The molecule has 1 N–H and O–H groups in total. The Bertz CT molecular complexity index is 1160. The number of para-hydroxylation sites is 1. The SMILES string of the molecule is Cc1cc2ccccc2n1CCNC(=O)CN1CCN(c2ccc3c(c2)OCO3)C1=O. The van der Waals surface area contributed by atoms with Crippen LogP contribution in [0.3, 0.4) is 0 Å². The molecule has 0 aliphatic carbocycles. The lowest BCUT2D eigenvalue weighted by Gasteiger charge is -2.19. The van der Waals surface area contributed by atoms with Gasteiger partial charge in [-0.3, -0.25) is 9.69 Å². The third kappa shape index (κ3) is 3.65. The second-order valence-corrected chi connectivity index (χ2v) is 7.74. The number of urea groups is 1. The number of amides is 3. The van der Waals surface area contributed by atoms with E-state index in [9.17, 15) is 9.59 Å². The summed E-state index contributed by atoms with van der Waals surface area (Å²) in [5.74, 6) is 1.15. The van der Waals surface area contributed by atoms with Gasteiger partial charge in [0.25, 0.3) is 0 Å². The van der Waals surface area contributed by atoms with Gasteiger partial charge < -0.3 is 24.3 Å². The number of carbonyl (C=O) groups excluding carboxylic acids is 2. The predicted molar refractivity (Wildman–Crippen MR) is 117 cm³/mol. The highest BCUT2D eigenvalue weighted by molar-refractivity contribution is 5.96. The lowest BCUT2D eigenvalue weighted by molar-refractivity contribution is -0.121. The van der Waals surface area contributed by atoms with Crippen molar-refractivity contribution in [2.75, 3.05) is 37.9 Å². The van der Waals surface area contributed by atoms with Gasteiger partial charge >= 0.3 is 6.03 Å². The van der Waals surface area contributed by atoms with Crippen molar-refractivity contribution in [1.82, 2.24) is 14.8 Å². The Morgan fingerprint density at radius 3 is 2.81 bits per heavy atom. The van der Waals surface area contributed by atoms with Gasteiger partial charge in [0, 0.05) is 49.1 Å². The number of nitrogens with zero attached hydrogens (tertiary/aromatic N) is 3. The van der Waals surface area contributed by atoms with Gasteiger partial charge in [-0.2, -0.15) is 0 Å². The standard InChI is InChI=1S/C23H24N4O4/c1-16-12-17-4-2-3-5-19(17)26(16)9-8-24-22(28)14-25-10-11-27(23(25)29)18-6-7-20-21(13-18)31-15-30-20/h2-7,12-13H,8-11,14-15H2,1H3,(H,24,28). The van der Waals surface area contributed by atoms with Gasteiger partial charge in [-0.1, -0.05) is 18.2 Å². The van der Waals surface area contributed by atoms with E-state index in [1.807, 2.05) is 18.2 Å². The monoisotopic (exact) mass is 420 g/mol. The number of benzene rings is 2. The molecule has 0 bridgehead atoms. The van der Waals surface area contributed by atoms with Crippen LogP contribution in [0.2, 0.25) is 0 Å². The molecule has 0 unspecified atom stereocenters. The van der Waals surface area contributed by atoms with Crippen LogP contribution in [0.4, 0.5) is 10.5 Å². The van der Waals surface area contributed by atoms with E-state index in [2.05, 4.69) is 35.0 Å². The molecule has 8 nitrogen and oxygen atoms in total. The molecule has 160 valence electrons. The van der Waals surface area contributed by atoms with Crippen LogP contribution in [-0.2, 0) is 11.3 Å². The first-order valence-electron chi connectivity index (χ1n) is 10.4. The molecule has 3 aromatic rings. The van der Waals surface area contributed by atoms with Gasteiger partial charge in [-0.05, 0) is 36.6 Å². The summed E-state index contributed by atoms with van der Waals surface area (Å²) in [5, 5.41) is 4.13. The smallest absolute Gasteiger partial charge is 0.325 e. The number of aromatic nitrogens is 1. The summed E-state index contributed by atoms with van der Waals surface area (Å²) >= 11 is 0. The van der Waals surface area contributed by atoms with Gasteiger partial charge in [0.1, 0.15) is 6.54 Å². The average Bonchev–Trinajstić information content (AvgIpc) is 3.46. The molecule has 0 spiro atoms. The summed E-state index contributed by atoms with van der Waals surface area (Å²) in [6.07, 6.45) is 0. The molecule has 2 aliphatic rings. The fourth-order valence-corrected chi connectivity index (χ4v) is 4.20. The first-order valence-corrected chi connectivity index (χ1v) is 10.4. The normalized spacial score (nSPS) is 15.2. The zero-order valence-electron chi connectivity index (χ0n) is 17.3. The third-order valence-corrected chi connectivity index (χ3v) is 5.77. The van der Waals surface area contributed by atoms with Gasteiger partial charge in [0.2, 0.25) is 12.7 Å². The summed E-state index contributed by atoms with van der Waals surface area (Å²) in [6.45, 7) is 4.52. The number of anilines is 1. The minimum absolute atomic E-state index is 0.0469. The molecule has 0 atom stereocenters. The molecule has 1 aromatic heterocycles. The molecule has 3 heterocycles. The van der Waals surface area contributed by atoms with E-state index < -0.39 is 0 Å². The van der Waals surface area contributed by atoms with Crippen molar-refractivity contribution in [3.05, 3.63) is 54.2 Å². The highest BCUT2D eigenvalue weighted by atomic mass is 16.7. The number of carbonyl (C=O) groups is 2. The van der Waals surface area contributed by atoms with E-state index in [0.29, 0.717) is 37.7 Å².